The van der Waals surface area contributed by atoms with Crippen LogP contribution in [0.2, 0.25) is 5.02 Å². The highest BCUT2D eigenvalue weighted by Gasteiger charge is 2.27. The first-order chi connectivity index (χ1) is 11.4. The van der Waals surface area contributed by atoms with Gasteiger partial charge < -0.3 is 10.4 Å². The fourth-order valence-electron chi connectivity index (χ4n) is 2.64. The highest BCUT2D eigenvalue weighted by molar-refractivity contribution is 6.30. The van der Waals surface area contributed by atoms with Gasteiger partial charge in [-0.15, -0.1) is 6.58 Å². The molecule has 132 valence electrons. The molecule has 0 fully saturated rings. The van der Waals surface area contributed by atoms with Gasteiger partial charge >= 0.3 is 0 Å². The van der Waals surface area contributed by atoms with Gasteiger partial charge in [-0.25, -0.2) is 4.39 Å². The Balaban J connectivity index is 3.18. The first kappa shape index (κ1) is 20.6. The van der Waals surface area contributed by atoms with Gasteiger partial charge in [0.25, 0.3) is 0 Å². The van der Waals surface area contributed by atoms with Crippen LogP contribution in [-0.4, -0.2) is 42.8 Å². The minimum absolute atomic E-state index is 0.306. The fourth-order valence-corrected chi connectivity index (χ4v) is 2.87. The summed E-state index contributed by atoms with van der Waals surface area (Å²) in [7, 11) is 1.76. The summed E-state index contributed by atoms with van der Waals surface area (Å²) in [6, 6.07) is 3.94. The maximum atomic E-state index is 13.8. The normalized spacial score (nSPS) is 13.5. The van der Waals surface area contributed by atoms with E-state index in [0.29, 0.717) is 36.6 Å². The van der Waals surface area contributed by atoms with Gasteiger partial charge in [-0.1, -0.05) is 42.5 Å². The monoisotopic (exact) mass is 352 g/mol. The molecule has 0 saturated carbocycles. The van der Waals surface area contributed by atoms with Crippen molar-refractivity contribution in [3.63, 3.8) is 0 Å². The van der Waals surface area contributed by atoms with Crippen LogP contribution < -0.4 is 5.32 Å². The lowest BCUT2D eigenvalue weighted by Crippen LogP contribution is -2.41. The number of hydrogen-bond acceptors (Lipinski definition) is 3. The van der Waals surface area contributed by atoms with Gasteiger partial charge in [0.1, 0.15) is 5.82 Å². The van der Waals surface area contributed by atoms with Crippen molar-refractivity contribution in [3.05, 3.63) is 72.1 Å². The maximum Gasteiger partial charge on any atom is 0.125 e. The van der Waals surface area contributed by atoms with Gasteiger partial charge in [0.2, 0.25) is 0 Å². The molecule has 0 aliphatic heterocycles. The molecule has 0 aliphatic rings. The van der Waals surface area contributed by atoms with Crippen molar-refractivity contribution in [2.24, 2.45) is 0 Å². The van der Waals surface area contributed by atoms with Crippen molar-refractivity contribution in [2.45, 2.75) is 18.6 Å². The van der Waals surface area contributed by atoms with Gasteiger partial charge in [-0.2, -0.15) is 0 Å². The zero-order chi connectivity index (χ0) is 18.1. The zero-order valence-corrected chi connectivity index (χ0v) is 14.9. The summed E-state index contributed by atoms with van der Waals surface area (Å²) in [6.07, 6.45) is 3.44. The quantitative estimate of drug-likeness (QED) is 0.470. The summed E-state index contributed by atoms with van der Waals surface area (Å²) in [4.78, 5) is 2.04. The van der Waals surface area contributed by atoms with Crippen LogP contribution in [0.3, 0.4) is 0 Å². The van der Waals surface area contributed by atoms with Crippen molar-refractivity contribution >= 4 is 11.6 Å². The number of allylic oxidation sites excluding steroid dienone is 1. The van der Waals surface area contributed by atoms with E-state index >= 15 is 0 Å². The highest BCUT2D eigenvalue weighted by atomic mass is 35.5. The maximum absolute atomic E-state index is 13.8. The molecule has 1 aromatic carbocycles. The molecule has 1 rings (SSSR count). The number of aliphatic hydroxyl groups is 1. The molecular weight excluding hydrogens is 327 g/mol. The van der Waals surface area contributed by atoms with Crippen LogP contribution in [0.4, 0.5) is 4.39 Å². The van der Waals surface area contributed by atoms with Gasteiger partial charge in [-0.05, 0) is 37.2 Å². The van der Waals surface area contributed by atoms with E-state index in [1.165, 1.54) is 12.1 Å². The molecule has 0 radical (unpaired) electrons. The third kappa shape index (κ3) is 6.21. The molecule has 2 unspecified atom stereocenters. The topological polar surface area (TPSA) is 35.5 Å². The second kappa shape index (κ2) is 10.4. The molecule has 0 aliphatic carbocycles. The Morgan fingerprint density at radius 2 is 2.12 bits per heavy atom. The first-order valence-electron chi connectivity index (χ1n) is 7.86. The minimum atomic E-state index is -0.732. The molecule has 1 aromatic rings. The van der Waals surface area contributed by atoms with Crippen LogP contribution in [0.25, 0.3) is 0 Å². The summed E-state index contributed by atoms with van der Waals surface area (Å²) in [5, 5.41) is 13.9. The van der Waals surface area contributed by atoms with E-state index in [9.17, 15) is 9.50 Å². The number of hydrogen-bond donors (Lipinski definition) is 2. The van der Waals surface area contributed by atoms with Crippen LogP contribution in [0.1, 0.15) is 18.0 Å². The lowest BCUT2D eigenvalue weighted by molar-refractivity contribution is 0.0560. The Labute approximate surface area is 149 Å². The Bertz CT molecular complexity index is 556. The second-order valence-electron chi connectivity index (χ2n) is 5.67. The molecular formula is C19H26ClFN2O. The predicted octanol–water partition coefficient (Wildman–Crippen LogP) is 3.72. The Morgan fingerprint density at radius 3 is 2.67 bits per heavy atom. The Hall–Kier alpha value is -1.46. The summed E-state index contributed by atoms with van der Waals surface area (Å²) in [6.45, 7) is 13.0. The molecule has 2 atom stereocenters. The van der Waals surface area contributed by atoms with Crippen molar-refractivity contribution in [1.29, 1.82) is 0 Å². The van der Waals surface area contributed by atoms with Crippen LogP contribution in [-0.2, 0) is 0 Å². The van der Waals surface area contributed by atoms with Crippen LogP contribution in [0, 0.1) is 5.82 Å². The molecule has 0 saturated heterocycles. The van der Waals surface area contributed by atoms with Crippen LogP contribution in [0.5, 0.6) is 0 Å². The van der Waals surface area contributed by atoms with Crippen LogP contribution >= 0.6 is 11.6 Å². The molecule has 24 heavy (non-hydrogen) atoms. The van der Waals surface area contributed by atoms with E-state index in [1.54, 1.807) is 25.3 Å². The number of aliphatic hydroxyl groups excluding tert-OH is 1. The molecule has 0 spiro atoms. The first-order valence-corrected chi connectivity index (χ1v) is 8.24. The van der Waals surface area contributed by atoms with Crippen molar-refractivity contribution < 1.29 is 9.50 Å². The highest BCUT2D eigenvalue weighted by Crippen LogP contribution is 2.28. The number of nitrogens with one attached hydrogen (secondary N) is 1. The van der Waals surface area contributed by atoms with E-state index in [1.807, 2.05) is 4.90 Å². The molecule has 3 nitrogen and oxygen atoms in total. The number of nitrogens with zero attached hydrogens (tertiary/aromatic N) is 1. The number of benzene rings is 1. The van der Waals surface area contributed by atoms with Gasteiger partial charge in [0.15, 0.2) is 0 Å². The zero-order valence-electron chi connectivity index (χ0n) is 14.1. The molecule has 0 amide bonds. The molecule has 0 aromatic heterocycles. The van der Waals surface area contributed by atoms with E-state index in [-0.39, 0.29) is 0 Å². The SMILES string of the molecule is C=CCN(CCC(=C)C=C)C(c1cc(F)cc(Cl)c1)C(O)CNC. The average molecular weight is 353 g/mol. The Morgan fingerprint density at radius 1 is 1.42 bits per heavy atom. The standard InChI is InChI=1S/C19H26ClFN2O/c1-5-8-23(9-7-14(3)6-2)19(18(24)13-22-4)15-10-16(20)12-17(21)11-15/h5-6,10-12,18-19,22,24H,1-3,7-9,13H2,4H3. The van der Waals surface area contributed by atoms with E-state index in [2.05, 4.69) is 25.1 Å². The van der Waals surface area contributed by atoms with Gasteiger partial charge in [0, 0.05) is 24.7 Å². The smallest absolute Gasteiger partial charge is 0.125 e. The summed E-state index contributed by atoms with van der Waals surface area (Å²) in [5.41, 5.74) is 1.54. The number of halogens is 2. The van der Waals surface area contributed by atoms with Crippen LogP contribution in [0.15, 0.2) is 55.7 Å². The van der Waals surface area contributed by atoms with E-state index in [0.717, 1.165) is 5.57 Å². The predicted molar refractivity (Wildman–Crippen MR) is 99.8 cm³/mol. The molecule has 0 bridgehead atoms. The van der Waals surface area contributed by atoms with Crippen molar-refractivity contribution in [1.82, 2.24) is 10.2 Å². The third-order valence-corrected chi connectivity index (χ3v) is 3.99. The van der Waals surface area contributed by atoms with Gasteiger partial charge in [-0.3, -0.25) is 4.90 Å². The number of likely N-dealkylation sites (N-methyl/N-ethyl adjacent to an activating group) is 1. The van der Waals surface area contributed by atoms with Gasteiger partial charge in [0.05, 0.1) is 12.1 Å². The van der Waals surface area contributed by atoms with Crippen molar-refractivity contribution in [3.8, 4) is 0 Å². The fraction of sp³-hybridized carbons (Fsp3) is 0.368. The molecule has 2 N–H and O–H groups in total. The number of rotatable bonds is 11. The minimum Gasteiger partial charge on any atom is -0.390 e. The molecule has 0 heterocycles. The largest absolute Gasteiger partial charge is 0.390 e. The summed E-state index contributed by atoms with van der Waals surface area (Å²) in [5.74, 6) is -0.423. The summed E-state index contributed by atoms with van der Waals surface area (Å²) >= 11 is 6.00. The lowest BCUT2D eigenvalue weighted by atomic mass is 9.98. The Kier molecular flexibility index (Phi) is 8.93. The summed E-state index contributed by atoms with van der Waals surface area (Å²) < 4.78 is 13.8. The third-order valence-electron chi connectivity index (χ3n) is 3.77. The lowest BCUT2D eigenvalue weighted by Gasteiger charge is -2.35. The van der Waals surface area contributed by atoms with E-state index in [4.69, 9.17) is 11.6 Å². The van der Waals surface area contributed by atoms with E-state index < -0.39 is 18.0 Å². The molecule has 5 heteroatoms. The average Bonchev–Trinajstić information content (AvgIpc) is 2.51. The van der Waals surface area contributed by atoms with Crippen molar-refractivity contribution in [2.75, 3.05) is 26.7 Å². The second-order valence-corrected chi connectivity index (χ2v) is 6.11.